The van der Waals surface area contributed by atoms with Gasteiger partial charge in [0.05, 0.1) is 5.69 Å². The Morgan fingerprint density at radius 3 is 3.05 bits per heavy atom. The van der Waals surface area contributed by atoms with Crippen molar-refractivity contribution in [1.29, 1.82) is 0 Å². The summed E-state index contributed by atoms with van der Waals surface area (Å²) in [5.74, 6) is 0.638. The summed E-state index contributed by atoms with van der Waals surface area (Å²) in [6.07, 6.45) is 2.06. The standard InChI is InChI=1S/C14H16BrN3O2/c1-9-7-11(17-16-9)10-3-2-6-18(8-10)14(19)12-4-5-13(15)20-12/h4-5,7,10H,2-3,6,8H2,1H3,(H,16,17)/t10-/m1/s1. The minimum Gasteiger partial charge on any atom is -0.444 e. The first-order valence-electron chi connectivity index (χ1n) is 6.70. The van der Waals surface area contributed by atoms with E-state index >= 15 is 0 Å². The van der Waals surface area contributed by atoms with Crippen LogP contribution in [-0.4, -0.2) is 34.1 Å². The number of aromatic amines is 1. The van der Waals surface area contributed by atoms with Crippen LogP contribution in [0.2, 0.25) is 0 Å². The molecule has 6 heteroatoms. The molecular weight excluding hydrogens is 322 g/mol. The number of piperidine rings is 1. The molecule has 1 atom stereocenters. The quantitative estimate of drug-likeness (QED) is 0.915. The van der Waals surface area contributed by atoms with Gasteiger partial charge in [-0.3, -0.25) is 9.89 Å². The summed E-state index contributed by atoms with van der Waals surface area (Å²) in [4.78, 5) is 14.2. The maximum Gasteiger partial charge on any atom is 0.289 e. The van der Waals surface area contributed by atoms with Crippen LogP contribution in [0.25, 0.3) is 0 Å². The predicted octanol–water partition coefficient (Wildman–Crippen LogP) is 3.09. The van der Waals surface area contributed by atoms with Crippen LogP contribution in [0.15, 0.2) is 27.3 Å². The Hall–Kier alpha value is -1.56. The average molecular weight is 338 g/mol. The number of H-pyrrole nitrogens is 1. The van der Waals surface area contributed by atoms with Crippen molar-refractivity contribution in [2.45, 2.75) is 25.7 Å². The monoisotopic (exact) mass is 337 g/mol. The zero-order valence-electron chi connectivity index (χ0n) is 11.2. The SMILES string of the molecule is Cc1cc([C@@H]2CCCN(C(=O)c3ccc(Br)o3)C2)n[nH]1. The number of carbonyl (C=O) groups excluding carboxylic acids is 1. The number of nitrogens with zero attached hydrogens (tertiary/aromatic N) is 2. The first-order chi connectivity index (χ1) is 9.63. The number of likely N-dealkylation sites (tertiary alicyclic amines) is 1. The lowest BCUT2D eigenvalue weighted by molar-refractivity contribution is 0.0672. The fourth-order valence-corrected chi connectivity index (χ4v) is 2.94. The molecule has 106 valence electrons. The zero-order chi connectivity index (χ0) is 14.1. The number of rotatable bonds is 2. The first kappa shape index (κ1) is 13.4. The van der Waals surface area contributed by atoms with E-state index in [1.54, 1.807) is 12.1 Å². The third-order valence-electron chi connectivity index (χ3n) is 3.64. The Balaban J connectivity index is 1.73. The van der Waals surface area contributed by atoms with Crippen LogP contribution in [-0.2, 0) is 0 Å². The van der Waals surface area contributed by atoms with Gasteiger partial charge in [-0.15, -0.1) is 0 Å². The molecule has 2 aromatic rings. The Labute approximate surface area is 125 Å². The molecule has 20 heavy (non-hydrogen) atoms. The van der Waals surface area contributed by atoms with Gasteiger partial charge < -0.3 is 9.32 Å². The predicted molar refractivity (Wildman–Crippen MR) is 77.6 cm³/mol. The van der Waals surface area contributed by atoms with Gasteiger partial charge in [0.1, 0.15) is 0 Å². The van der Waals surface area contributed by atoms with Gasteiger partial charge in [-0.05, 0) is 53.9 Å². The number of furan rings is 1. The van der Waals surface area contributed by atoms with E-state index in [4.69, 9.17) is 4.42 Å². The Morgan fingerprint density at radius 1 is 1.55 bits per heavy atom. The second-order valence-electron chi connectivity index (χ2n) is 5.17. The molecule has 1 N–H and O–H groups in total. The van der Waals surface area contributed by atoms with Crippen molar-refractivity contribution in [3.05, 3.63) is 40.0 Å². The van der Waals surface area contributed by atoms with Gasteiger partial charge in [-0.1, -0.05) is 0 Å². The number of aromatic nitrogens is 2. The van der Waals surface area contributed by atoms with Gasteiger partial charge in [-0.25, -0.2) is 0 Å². The molecular formula is C14H16BrN3O2. The normalized spacial score (nSPS) is 19.3. The molecule has 0 spiro atoms. The Bertz CT molecular complexity index is 619. The number of hydrogen-bond donors (Lipinski definition) is 1. The van der Waals surface area contributed by atoms with Crippen molar-refractivity contribution in [3.8, 4) is 0 Å². The third-order valence-corrected chi connectivity index (χ3v) is 4.06. The molecule has 0 aromatic carbocycles. The van der Waals surface area contributed by atoms with Gasteiger partial charge in [0, 0.05) is 24.7 Å². The topological polar surface area (TPSA) is 62.1 Å². The van der Waals surface area contributed by atoms with Crippen molar-refractivity contribution < 1.29 is 9.21 Å². The molecule has 3 heterocycles. The minimum atomic E-state index is -0.0485. The van der Waals surface area contributed by atoms with E-state index in [-0.39, 0.29) is 5.91 Å². The fourth-order valence-electron chi connectivity index (χ4n) is 2.64. The highest BCUT2D eigenvalue weighted by Gasteiger charge is 2.28. The van der Waals surface area contributed by atoms with Gasteiger partial charge in [-0.2, -0.15) is 5.10 Å². The highest BCUT2D eigenvalue weighted by Crippen LogP contribution is 2.27. The lowest BCUT2D eigenvalue weighted by Crippen LogP contribution is -2.39. The summed E-state index contributed by atoms with van der Waals surface area (Å²) >= 11 is 3.22. The smallest absolute Gasteiger partial charge is 0.289 e. The van der Waals surface area contributed by atoms with Crippen LogP contribution in [0.4, 0.5) is 0 Å². The zero-order valence-corrected chi connectivity index (χ0v) is 12.8. The molecule has 1 fully saturated rings. The van der Waals surface area contributed by atoms with Crippen LogP contribution < -0.4 is 0 Å². The van der Waals surface area contributed by atoms with Crippen molar-refractivity contribution in [2.75, 3.05) is 13.1 Å². The van der Waals surface area contributed by atoms with Gasteiger partial charge in [0.25, 0.3) is 5.91 Å². The van der Waals surface area contributed by atoms with Crippen molar-refractivity contribution >= 4 is 21.8 Å². The Morgan fingerprint density at radius 2 is 2.40 bits per heavy atom. The largest absolute Gasteiger partial charge is 0.444 e. The summed E-state index contributed by atoms with van der Waals surface area (Å²) in [6.45, 7) is 3.46. The Kier molecular flexibility index (Phi) is 3.65. The van der Waals surface area contributed by atoms with E-state index in [0.29, 0.717) is 22.9 Å². The maximum atomic E-state index is 12.4. The van der Waals surface area contributed by atoms with E-state index < -0.39 is 0 Å². The summed E-state index contributed by atoms with van der Waals surface area (Å²) in [5, 5.41) is 7.28. The second kappa shape index (κ2) is 5.44. The molecule has 1 aliphatic rings. The molecule has 0 aliphatic carbocycles. The van der Waals surface area contributed by atoms with E-state index in [9.17, 15) is 4.79 Å². The lowest BCUT2D eigenvalue weighted by atomic mass is 9.94. The van der Waals surface area contributed by atoms with Crippen molar-refractivity contribution in [1.82, 2.24) is 15.1 Å². The highest BCUT2D eigenvalue weighted by molar-refractivity contribution is 9.10. The summed E-state index contributed by atoms with van der Waals surface area (Å²) in [7, 11) is 0. The highest BCUT2D eigenvalue weighted by atomic mass is 79.9. The fraction of sp³-hybridized carbons (Fsp3) is 0.429. The second-order valence-corrected chi connectivity index (χ2v) is 5.95. The van der Waals surface area contributed by atoms with Crippen LogP contribution in [0.1, 0.15) is 40.7 Å². The first-order valence-corrected chi connectivity index (χ1v) is 7.49. The van der Waals surface area contributed by atoms with Gasteiger partial charge in [0.2, 0.25) is 0 Å². The maximum absolute atomic E-state index is 12.4. The van der Waals surface area contributed by atoms with Crippen LogP contribution in [0.3, 0.4) is 0 Å². The van der Waals surface area contributed by atoms with Crippen LogP contribution in [0.5, 0.6) is 0 Å². The molecule has 1 saturated heterocycles. The molecule has 3 rings (SSSR count). The lowest BCUT2D eigenvalue weighted by Gasteiger charge is -2.31. The van der Waals surface area contributed by atoms with E-state index in [1.165, 1.54) is 0 Å². The number of amides is 1. The number of halogens is 1. The number of carbonyl (C=O) groups is 1. The van der Waals surface area contributed by atoms with Gasteiger partial charge >= 0.3 is 0 Å². The summed E-state index contributed by atoms with van der Waals surface area (Å²) in [6, 6.07) is 5.50. The third kappa shape index (κ3) is 2.65. The minimum absolute atomic E-state index is 0.0485. The van der Waals surface area contributed by atoms with E-state index in [0.717, 1.165) is 30.8 Å². The molecule has 1 amide bonds. The number of hydrogen-bond acceptors (Lipinski definition) is 3. The van der Waals surface area contributed by atoms with Crippen LogP contribution >= 0.6 is 15.9 Å². The van der Waals surface area contributed by atoms with Crippen molar-refractivity contribution in [2.24, 2.45) is 0 Å². The molecule has 0 bridgehead atoms. The molecule has 2 aromatic heterocycles. The summed E-state index contributed by atoms with van der Waals surface area (Å²) in [5.41, 5.74) is 2.10. The van der Waals surface area contributed by atoms with Crippen molar-refractivity contribution in [3.63, 3.8) is 0 Å². The molecule has 0 saturated carbocycles. The number of aryl methyl sites for hydroxylation is 1. The molecule has 0 radical (unpaired) electrons. The molecule has 5 nitrogen and oxygen atoms in total. The van der Waals surface area contributed by atoms with E-state index in [2.05, 4.69) is 32.2 Å². The van der Waals surface area contributed by atoms with Crippen LogP contribution in [0, 0.1) is 6.92 Å². The molecule has 1 aliphatic heterocycles. The summed E-state index contributed by atoms with van der Waals surface area (Å²) < 4.78 is 5.93. The molecule has 0 unspecified atom stereocenters. The van der Waals surface area contributed by atoms with Gasteiger partial charge in [0.15, 0.2) is 10.4 Å². The average Bonchev–Trinajstić information content (AvgIpc) is 3.07. The van der Waals surface area contributed by atoms with E-state index in [1.807, 2.05) is 11.8 Å². The number of nitrogens with one attached hydrogen (secondary N) is 1.